The monoisotopic (exact) mass is 230 g/mol. The molecule has 1 aliphatic rings. The SMILES string of the molecule is ClCCCc1nnc(CC2CCCO2)o1. The summed E-state index contributed by atoms with van der Waals surface area (Å²) in [5, 5.41) is 7.96. The van der Waals surface area contributed by atoms with Gasteiger partial charge < -0.3 is 9.15 Å². The lowest BCUT2D eigenvalue weighted by Gasteiger charge is -2.03. The van der Waals surface area contributed by atoms with E-state index in [1.807, 2.05) is 0 Å². The van der Waals surface area contributed by atoms with Crippen molar-refractivity contribution in [2.24, 2.45) is 0 Å². The van der Waals surface area contributed by atoms with Gasteiger partial charge >= 0.3 is 0 Å². The Morgan fingerprint density at radius 1 is 1.33 bits per heavy atom. The van der Waals surface area contributed by atoms with Crippen LogP contribution in [0.3, 0.4) is 0 Å². The molecule has 5 heteroatoms. The van der Waals surface area contributed by atoms with Crippen molar-refractivity contribution in [3.8, 4) is 0 Å². The van der Waals surface area contributed by atoms with Crippen molar-refractivity contribution in [3.63, 3.8) is 0 Å². The van der Waals surface area contributed by atoms with Gasteiger partial charge in [0, 0.05) is 18.9 Å². The molecule has 0 amide bonds. The third-order valence-corrected chi connectivity index (χ3v) is 2.73. The van der Waals surface area contributed by atoms with Crippen LogP contribution in [0.4, 0.5) is 0 Å². The van der Waals surface area contributed by atoms with Crippen LogP contribution in [-0.2, 0) is 17.6 Å². The summed E-state index contributed by atoms with van der Waals surface area (Å²) in [5.74, 6) is 2.00. The van der Waals surface area contributed by atoms with Crippen molar-refractivity contribution in [3.05, 3.63) is 11.8 Å². The van der Waals surface area contributed by atoms with Crippen molar-refractivity contribution >= 4 is 11.6 Å². The Balaban J connectivity index is 1.83. The molecule has 1 fully saturated rings. The van der Waals surface area contributed by atoms with Crippen molar-refractivity contribution in [1.82, 2.24) is 10.2 Å². The smallest absolute Gasteiger partial charge is 0.219 e. The molecule has 1 atom stereocenters. The number of aromatic nitrogens is 2. The predicted molar refractivity (Wildman–Crippen MR) is 56.0 cm³/mol. The van der Waals surface area contributed by atoms with Gasteiger partial charge in [-0.25, -0.2) is 0 Å². The molecular weight excluding hydrogens is 216 g/mol. The fourth-order valence-electron chi connectivity index (χ4n) is 1.69. The van der Waals surface area contributed by atoms with Crippen molar-refractivity contribution < 1.29 is 9.15 Å². The molecule has 0 saturated carbocycles. The molecule has 0 radical (unpaired) electrons. The summed E-state index contributed by atoms with van der Waals surface area (Å²) in [7, 11) is 0. The molecule has 2 heterocycles. The van der Waals surface area contributed by atoms with Gasteiger partial charge in [0.1, 0.15) is 0 Å². The van der Waals surface area contributed by atoms with Crippen LogP contribution < -0.4 is 0 Å². The van der Waals surface area contributed by atoms with Crippen molar-refractivity contribution in [2.45, 2.75) is 38.2 Å². The molecule has 4 nitrogen and oxygen atoms in total. The van der Waals surface area contributed by atoms with Crippen LogP contribution in [0.5, 0.6) is 0 Å². The summed E-state index contributed by atoms with van der Waals surface area (Å²) < 4.78 is 11.0. The molecular formula is C10H15ClN2O2. The molecule has 0 spiro atoms. The number of ether oxygens (including phenoxy) is 1. The topological polar surface area (TPSA) is 48.2 Å². The van der Waals surface area contributed by atoms with Gasteiger partial charge in [-0.2, -0.15) is 0 Å². The highest BCUT2D eigenvalue weighted by molar-refractivity contribution is 6.17. The lowest BCUT2D eigenvalue weighted by molar-refractivity contribution is 0.105. The highest BCUT2D eigenvalue weighted by Crippen LogP contribution is 2.16. The first-order valence-corrected chi connectivity index (χ1v) is 5.91. The number of hydrogen-bond acceptors (Lipinski definition) is 4. The molecule has 1 aromatic rings. The normalized spacial score (nSPS) is 21.0. The molecule has 2 rings (SSSR count). The fraction of sp³-hybridized carbons (Fsp3) is 0.800. The average molecular weight is 231 g/mol. The minimum absolute atomic E-state index is 0.270. The molecule has 0 N–H and O–H groups in total. The van der Waals surface area contributed by atoms with Gasteiger partial charge in [0.05, 0.1) is 12.5 Å². The van der Waals surface area contributed by atoms with Gasteiger partial charge in [-0.05, 0) is 19.3 Å². The van der Waals surface area contributed by atoms with E-state index < -0.39 is 0 Å². The second-order valence-electron chi connectivity index (χ2n) is 3.72. The minimum atomic E-state index is 0.270. The number of alkyl halides is 1. The molecule has 15 heavy (non-hydrogen) atoms. The van der Waals surface area contributed by atoms with Crippen LogP contribution >= 0.6 is 11.6 Å². The third kappa shape index (κ3) is 3.18. The quantitative estimate of drug-likeness (QED) is 0.726. The van der Waals surface area contributed by atoms with E-state index in [2.05, 4.69) is 10.2 Å². The Bertz CT molecular complexity index is 297. The Morgan fingerprint density at radius 3 is 2.93 bits per heavy atom. The van der Waals surface area contributed by atoms with Crippen LogP contribution in [-0.4, -0.2) is 28.8 Å². The van der Waals surface area contributed by atoms with Gasteiger partial charge in [-0.1, -0.05) is 0 Å². The molecule has 1 aliphatic heterocycles. The summed E-state index contributed by atoms with van der Waals surface area (Å²) in [6, 6.07) is 0. The number of aryl methyl sites for hydroxylation is 1. The zero-order valence-corrected chi connectivity index (χ0v) is 9.37. The maximum absolute atomic E-state index is 5.59. The Labute approximate surface area is 94.0 Å². The van der Waals surface area contributed by atoms with Gasteiger partial charge in [-0.3, -0.25) is 0 Å². The highest BCUT2D eigenvalue weighted by Gasteiger charge is 2.19. The fourth-order valence-corrected chi connectivity index (χ4v) is 1.82. The van der Waals surface area contributed by atoms with E-state index in [1.54, 1.807) is 0 Å². The van der Waals surface area contributed by atoms with Crippen LogP contribution in [0, 0.1) is 0 Å². The lowest BCUT2D eigenvalue weighted by Crippen LogP contribution is -2.08. The molecule has 1 aromatic heterocycles. The van der Waals surface area contributed by atoms with E-state index in [0.717, 1.165) is 38.7 Å². The van der Waals surface area contributed by atoms with E-state index in [9.17, 15) is 0 Å². The standard InChI is InChI=1S/C10H15ClN2O2/c11-5-1-4-9-12-13-10(15-9)7-8-3-2-6-14-8/h8H,1-7H2. The second kappa shape index (κ2) is 5.47. The number of halogens is 1. The Kier molecular flexibility index (Phi) is 3.97. The summed E-state index contributed by atoms with van der Waals surface area (Å²) in [6.07, 6.45) is 4.89. The maximum Gasteiger partial charge on any atom is 0.219 e. The molecule has 0 bridgehead atoms. The zero-order chi connectivity index (χ0) is 10.5. The second-order valence-corrected chi connectivity index (χ2v) is 4.10. The van der Waals surface area contributed by atoms with Crippen molar-refractivity contribution in [2.75, 3.05) is 12.5 Å². The first-order valence-electron chi connectivity index (χ1n) is 5.37. The molecule has 1 saturated heterocycles. The first kappa shape index (κ1) is 10.9. The Morgan fingerprint density at radius 2 is 2.20 bits per heavy atom. The summed E-state index contributed by atoms with van der Waals surface area (Å²) in [4.78, 5) is 0. The zero-order valence-electron chi connectivity index (χ0n) is 8.62. The van der Waals surface area contributed by atoms with Gasteiger partial charge in [0.15, 0.2) is 0 Å². The molecule has 84 valence electrons. The maximum atomic E-state index is 5.59. The van der Waals surface area contributed by atoms with Crippen LogP contribution in [0.15, 0.2) is 4.42 Å². The molecule has 1 unspecified atom stereocenters. The van der Waals surface area contributed by atoms with E-state index in [4.69, 9.17) is 20.8 Å². The number of rotatable bonds is 5. The number of hydrogen-bond donors (Lipinski definition) is 0. The third-order valence-electron chi connectivity index (χ3n) is 2.46. The highest BCUT2D eigenvalue weighted by atomic mass is 35.5. The summed E-state index contributed by atoms with van der Waals surface area (Å²) in [6.45, 7) is 0.859. The minimum Gasteiger partial charge on any atom is -0.425 e. The summed E-state index contributed by atoms with van der Waals surface area (Å²) in [5.41, 5.74) is 0. The molecule has 0 aliphatic carbocycles. The lowest BCUT2D eigenvalue weighted by atomic mass is 10.2. The van der Waals surface area contributed by atoms with Gasteiger partial charge in [-0.15, -0.1) is 21.8 Å². The van der Waals surface area contributed by atoms with Gasteiger partial charge in [0.25, 0.3) is 0 Å². The van der Waals surface area contributed by atoms with Crippen LogP contribution in [0.25, 0.3) is 0 Å². The summed E-state index contributed by atoms with van der Waals surface area (Å²) >= 11 is 5.59. The predicted octanol–water partition coefficient (Wildman–Crippen LogP) is 1.96. The van der Waals surface area contributed by atoms with E-state index in [0.29, 0.717) is 17.7 Å². The van der Waals surface area contributed by atoms with E-state index >= 15 is 0 Å². The Hall–Kier alpha value is -0.610. The van der Waals surface area contributed by atoms with E-state index in [-0.39, 0.29) is 6.10 Å². The first-order chi connectivity index (χ1) is 7.38. The van der Waals surface area contributed by atoms with Gasteiger partial charge in [0.2, 0.25) is 11.8 Å². The number of nitrogens with zero attached hydrogens (tertiary/aromatic N) is 2. The van der Waals surface area contributed by atoms with Crippen LogP contribution in [0.2, 0.25) is 0 Å². The van der Waals surface area contributed by atoms with Crippen LogP contribution in [0.1, 0.15) is 31.0 Å². The largest absolute Gasteiger partial charge is 0.425 e. The van der Waals surface area contributed by atoms with E-state index in [1.165, 1.54) is 0 Å². The van der Waals surface area contributed by atoms with Crippen molar-refractivity contribution in [1.29, 1.82) is 0 Å². The molecule has 0 aromatic carbocycles. The average Bonchev–Trinajstić information content (AvgIpc) is 2.87.